The molecule has 10 heteroatoms. The first-order valence-electron chi connectivity index (χ1n) is 11.7. The second-order valence-electron chi connectivity index (χ2n) is 8.82. The number of aliphatic carboxylic acids is 1. The molecule has 0 atom stereocenters. The Balaban J connectivity index is 1.78. The maximum absolute atomic E-state index is 12.9. The molecule has 0 bridgehead atoms. The average Bonchev–Trinajstić information content (AvgIpc) is 2.84. The van der Waals surface area contributed by atoms with E-state index in [-0.39, 0.29) is 6.61 Å². The molecule has 0 saturated heterocycles. The molecule has 198 valence electrons. The van der Waals surface area contributed by atoms with E-state index in [1.165, 1.54) is 26.0 Å². The molecule has 0 fully saturated rings. The summed E-state index contributed by atoms with van der Waals surface area (Å²) in [5.74, 6) is 0.204. The summed E-state index contributed by atoms with van der Waals surface area (Å²) in [6.45, 7) is 7.71. The first-order valence-corrected chi connectivity index (χ1v) is 11.7. The molecule has 0 spiro atoms. The largest absolute Gasteiger partial charge is 0.489 e. The van der Waals surface area contributed by atoms with Crippen LogP contribution in [0.2, 0.25) is 0 Å². The van der Waals surface area contributed by atoms with Gasteiger partial charge in [0, 0.05) is 30.4 Å². The molecule has 1 aromatic heterocycles. The minimum absolute atomic E-state index is 0.148. The number of hydrogen-bond acceptors (Lipinski definition) is 6. The number of ether oxygens (including phenoxy) is 3. The fourth-order valence-electron chi connectivity index (χ4n) is 3.35. The van der Waals surface area contributed by atoms with Crippen LogP contribution >= 0.6 is 0 Å². The number of aromatic nitrogens is 2. The van der Waals surface area contributed by atoms with Gasteiger partial charge >= 0.3 is 12.1 Å². The van der Waals surface area contributed by atoms with Crippen molar-refractivity contribution < 1.29 is 37.3 Å². The predicted molar refractivity (Wildman–Crippen MR) is 131 cm³/mol. The Bertz CT molecular complexity index is 1230. The van der Waals surface area contributed by atoms with Crippen LogP contribution in [0.25, 0.3) is 11.4 Å². The van der Waals surface area contributed by atoms with Crippen LogP contribution in [0.3, 0.4) is 0 Å². The zero-order valence-corrected chi connectivity index (χ0v) is 21.1. The van der Waals surface area contributed by atoms with Gasteiger partial charge in [0.15, 0.2) is 11.4 Å². The molecule has 37 heavy (non-hydrogen) atoms. The van der Waals surface area contributed by atoms with Crippen molar-refractivity contribution in [1.82, 2.24) is 9.97 Å². The summed E-state index contributed by atoms with van der Waals surface area (Å²) < 4.78 is 55.7. The third-order valence-electron chi connectivity index (χ3n) is 5.53. The van der Waals surface area contributed by atoms with E-state index >= 15 is 0 Å². The standard InChI is InChI=1S/C27H29F3N2O5/c1-5-35-13-12-22-19(15-31-24(32-22)18-6-8-20(9-7-18)27(28,29)30)16-36-21-10-11-23(17(2)14-21)37-26(3,4)25(33)34/h6-11,14-15H,5,12-13,16H2,1-4H3,(H,33,34). The van der Waals surface area contributed by atoms with Crippen LogP contribution in [-0.4, -0.2) is 39.9 Å². The number of carbonyl (C=O) groups is 1. The number of hydrogen-bond donors (Lipinski definition) is 1. The minimum atomic E-state index is -4.42. The lowest BCUT2D eigenvalue weighted by Crippen LogP contribution is -2.38. The molecule has 0 aliphatic heterocycles. The van der Waals surface area contributed by atoms with Gasteiger partial charge in [-0.15, -0.1) is 0 Å². The van der Waals surface area contributed by atoms with Gasteiger partial charge in [0.05, 0.1) is 17.9 Å². The Morgan fingerprint density at radius 1 is 1.08 bits per heavy atom. The lowest BCUT2D eigenvalue weighted by atomic mass is 10.1. The Labute approximate surface area is 213 Å². The van der Waals surface area contributed by atoms with Crippen molar-refractivity contribution in [3.05, 3.63) is 71.0 Å². The maximum Gasteiger partial charge on any atom is 0.416 e. The van der Waals surface area contributed by atoms with Crippen LogP contribution in [0.5, 0.6) is 11.5 Å². The van der Waals surface area contributed by atoms with Crippen LogP contribution in [0, 0.1) is 6.92 Å². The van der Waals surface area contributed by atoms with Crippen molar-refractivity contribution in [1.29, 1.82) is 0 Å². The zero-order valence-electron chi connectivity index (χ0n) is 21.1. The van der Waals surface area contributed by atoms with Crippen LogP contribution < -0.4 is 9.47 Å². The van der Waals surface area contributed by atoms with E-state index in [4.69, 9.17) is 14.2 Å². The number of aryl methyl sites for hydroxylation is 1. The molecule has 0 unspecified atom stereocenters. The fourth-order valence-corrected chi connectivity index (χ4v) is 3.35. The molecule has 0 aliphatic rings. The first-order chi connectivity index (χ1) is 17.4. The van der Waals surface area contributed by atoms with E-state index in [0.717, 1.165) is 12.1 Å². The van der Waals surface area contributed by atoms with Gasteiger partial charge in [0.2, 0.25) is 0 Å². The smallest absolute Gasteiger partial charge is 0.416 e. The van der Waals surface area contributed by atoms with Gasteiger partial charge < -0.3 is 19.3 Å². The van der Waals surface area contributed by atoms with Crippen molar-refractivity contribution in [2.24, 2.45) is 0 Å². The van der Waals surface area contributed by atoms with E-state index in [9.17, 15) is 23.1 Å². The summed E-state index contributed by atoms with van der Waals surface area (Å²) in [6.07, 6.45) is -2.35. The van der Waals surface area contributed by atoms with Crippen molar-refractivity contribution in [3.8, 4) is 22.9 Å². The minimum Gasteiger partial charge on any atom is -0.489 e. The molecular weight excluding hydrogens is 489 g/mol. The van der Waals surface area contributed by atoms with Gasteiger partial charge in [-0.3, -0.25) is 0 Å². The van der Waals surface area contributed by atoms with E-state index in [1.54, 1.807) is 31.3 Å². The van der Waals surface area contributed by atoms with Gasteiger partial charge in [-0.05, 0) is 63.6 Å². The van der Waals surface area contributed by atoms with Crippen LogP contribution in [0.15, 0.2) is 48.7 Å². The SMILES string of the molecule is CCOCCc1nc(-c2ccc(C(F)(F)F)cc2)ncc1COc1ccc(OC(C)(C)C(=O)O)c(C)c1. The number of nitrogens with zero attached hydrogens (tertiary/aromatic N) is 2. The van der Waals surface area contributed by atoms with Crippen molar-refractivity contribution in [2.75, 3.05) is 13.2 Å². The van der Waals surface area contributed by atoms with E-state index in [2.05, 4.69) is 9.97 Å². The number of carboxylic acids is 1. The average molecular weight is 519 g/mol. The van der Waals surface area contributed by atoms with E-state index in [0.29, 0.717) is 59.3 Å². The second-order valence-corrected chi connectivity index (χ2v) is 8.82. The molecule has 0 radical (unpaired) electrons. The number of carboxylic acid groups (broad SMARTS) is 1. The second kappa shape index (κ2) is 11.6. The molecule has 0 amide bonds. The van der Waals surface area contributed by atoms with E-state index < -0.39 is 23.3 Å². The highest BCUT2D eigenvalue weighted by atomic mass is 19.4. The molecule has 2 aromatic carbocycles. The third kappa shape index (κ3) is 7.42. The van der Waals surface area contributed by atoms with Crippen molar-refractivity contribution in [3.63, 3.8) is 0 Å². The predicted octanol–water partition coefficient (Wildman–Crippen LogP) is 5.87. The highest BCUT2D eigenvalue weighted by Crippen LogP contribution is 2.31. The maximum atomic E-state index is 12.9. The fraction of sp³-hybridized carbons (Fsp3) is 0.370. The van der Waals surface area contributed by atoms with Gasteiger partial charge in [-0.25, -0.2) is 14.8 Å². The Kier molecular flexibility index (Phi) is 8.75. The molecule has 1 N–H and O–H groups in total. The number of benzene rings is 2. The number of rotatable bonds is 11. The highest BCUT2D eigenvalue weighted by molar-refractivity contribution is 5.76. The molecule has 0 saturated carbocycles. The topological polar surface area (TPSA) is 90.8 Å². The van der Waals surface area contributed by atoms with Crippen LogP contribution in [0.1, 0.15) is 43.2 Å². The Morgan fingerprint density at radius 3 is 2.38 bits per heavy atom. The molecular formula is C27H29F3N2O5. The number of halogens is 3. The van der Waals surface area contributed by atoms with Crippen molar-refractivity contribution >= 4 is 5.97 Å². The Morgan fingerprint density at radius 2 is 1.78 bits per heavy atom. The monoisotopic (exact) mass is 518 g/mol. The lowest BCUT2D eigenvalue weighted by Gasteiger charge is -2.23. The third-order valence-corrected chi connectivity index (χ3v) is 5.53. The van der Waals surface area contributed by atoms with Gasteiger partial charge in [0.1, 0.15) is 18.1 Å². The van der Waals surface area contributed by atoms with Crippen molar-refractivity contribution in [2.45, 2.75) is 52.5 Å². The number of alkyl halides is 3. The molecule has 7 nitrogen and oxygen atoms in total. The summed E-state index contributed by atoms with van der Waals surface area (Å²) in [5, 5.41) is 9.28. The zero-order chi connectivity index (χ0) is 27.2. The van der Waals surface area contributed by atoms with Crippen LogP contribution in [0.4, 0.5) is 13.2 Å². The van der Waals surface area contributed by atoms with Crippen LogP contribution in [-0.2, 0) is 28.7 Å². The lowest BCUT2D eigenvalue weighted by molar-refractivity contribution is -0.152. The molecule has 0 aliphatic carbocycles. The summed E-state index contributed by atoms with van der Waals surface area (Å²) in [7, 11) is 0. The van der Waals surface area contributed by atoms with Gasteiger partial charge in [-0.1, -0.05) is 12.1 Å². The van der Waals surface area contributed by atoms with Gasteiger partial charge in [-0.2, -0.15) is 13.2 Å². The first kappa shape index (κ1) is 27.9. The highest BCUT2D eigenvalue weighted by Gasteiger charge is 2.31. The molecule has 1 heterocycles. The summed E-state index contributed by atoms with van der Waals surface area (Å²) in [5.41, 5.74) is 0.426. The summed E-state index contributed by atoms with van der Waals surface area (Å²) >= 11 is 0. The molecule has 3 rings (SSSR count). The molecule has 3 aromatic rings. The Hall–Kier alpha value is -3.66. The summed E-state index contributed by atoms with van der Waals surface area (Å²) in [6, 6.07) is 9.76. The van der Waals surface area contributed by atoms with E-state index in [1.807, 2.05) is 6.92 Å². The van der Waals surface area contributed by atoms with Gasteiger partial charge in [0.25, 0.3) is 0 Å². The quantitative estimate of drug-likeness (QED) is 0.318. The summed E-state index contributed by atoms with van der Waals surface area (Å²) in [4.78, 5) is 20.3. The normalized spacial score (nSPS) is 11.9.